The molecular weight excluding hydrogens is 232 g/mol. The second-order valence-electron chi connectivity index (χ2n) is 3.73. The van der Waals surface area contributed by atoms with E-state index in [1.54, 1.807) is 4.90 Å². The van der Waals surface area contributed by atoms with Crippen LogP contribution in [0.3, 0.4) is 0 Å². The van der Waals surface area contributed by atoms with Gasteiger partial charge in [0, 0.05) is 13.0 Å². The van der Waals surface area contributed by atoms with E-state index in [0.717, 1.165) is 19.4 Å². The summed E-state index contributed by atoms with van der Waals surface area (Å²) < 4.78 is 0. The SMILES string of the molecule is N=C1CCCN1CC1=NC(=O)NC(=O)C1Cl. The third-order valence-electron chi connectivity index (χ3n) is 2.57. The van der Waals surface area contributed by atoms with Gasteiger partial charge in [0.05, 0.1) is 18.1 Å². The van der Waals surface area contributed by atoms with Gasteiger partial charge in [-0.15, -0.1) is 11.6 Å². The van der Waals surface area contributed by atoms with Crippen molar-refractivity contribution in [3.8, 4) is 0 Å². The molecule has 0 aromatic heterocycles. The number of carbonyl (C=O) groups is 2. The number of hydrogen-bond acceptors (Lipinski definition) is 3. The van der Waals surface area contributed by atoms with E-state index in [0.29, 0.717) is 11.5 Å². The zero-order valence-electron chi connectivity index (χ0n) is 8.49. The standard InChI is InChI=1S/C9H11ClN4O2/c10-7-5(12-9(16)13-8(7)15)4-14-3-1-2-6(14)11/h7,11H,1-4H2,(H,13,15,16). The molecule has 2 rings (SSSR count). The van der Waals surface area contributed by atoms with Gasteiger partial charge in [-0.2, -0.15) is 4.99 Å². The maximum atomic E-state index is 11.3. The van der Waals surface area contributed by atoms with Crippen LogP contribution in [0.2, 0.25) is 0 Å². The van der Waals surface area contributed by atoms with Crippen LogP contribution in [-0.4, -0.2) is 46.9 Å². The molecule has 0 bridgehead atoms. The Labute approximate surface area is 97.2 Å². The molecule has 0 aromatic carbocycles. The Balaban J connectivity index is 2.11. The van der Waals surface area contributed by atoms with Crippen molar-refractivity contribution in [1.82, 2.24) is 10.2 Å². The van der Waals surface area contributed by atoms with Crippen LogP contribution in [-0.2, 0) is 4.79 Å². The molecule has 0 saturated carbocycles. The van der Waals surface area contributed by atoms with E-state index >= 15 is 0 Å². The van der Waals surface area contributed by atoms with Crippen molar-refractivity contribution in [2.75, 3.05) is 13.1 Å². The lowest BCUT2D eigenvalue weighted by Gasteiger charge is -2.22. The molecule has 0 aromatic rings. The topological polar surface area (TPSA) is 85.6 Å². The number of nitrogens with zero attached hydrogens (tertiary/aromatic N) is 2. The molecule has 2 N–H and O–H groups in total. The number of likely N-dealkylation sites (tertiary alicyclic amines) is 1. The highest BCUT2D eigenvalue weighted by Crippen LogP contribution is 2.13. The lowest BCUT2D eigenvalue weighted by Crippen LogP contribution is -2.48. The van der Waals surface area contributed by atoms with Gasteiger partial charge in [0.1, 0.15) is 0 Å². The summed E-state index contributed by atoms with van der Waals surface area (Å²) in [5.74, 6) is -0.0348. The molecule has 2 aliphatic rings. The monoisotopic (exact) mass is 242 g/mol. The summed E-state index contributed by atoms with van der Waals surface area (Å²) in [6, 6.07) is -0.678. The van der Waals surface area contributed by atoms with E-state index in [1.165, 1.54) is 0 Å². The molecule has 3 amide bonds. The Hall–Kier alpha value is -1.43. The normalized spacial score (nSPS) is 25.8. The number of amidine groups is 1. The van der Waals surface area contributed by atoms with Crippen LogP contribution in [0, 0.1) is 5.41 Å². The van der Waals surface area contributed by atoms with Crippen molar-refractivity contribution < 1.29 is 9.59 Å². The third kappa shape index (κ3) is 2.06. The summed E-state index contributed by atoms with van der Waals surface area (Å²) in [7, 11) is 0. The Morgan fingerprint density at radius 3 is 2.94 bits per heavy atom. The van der Waals surface area contributed by atoms with Crippen LogP contribution in [0.5, 0.6) is 0 Å². The maximum Gasteiger partial charge on any atom is 0.347 e. The molecular formula is C9H11ClN4O2. The molecule has 86 valence electrons. The Bertz CT molecular complexity index is 393. The molecule has 1 atom stereocenters. The first-order chi connectivity index (χ1) is 7.58. The summed E-state index contributed by atoms with van der Waals surface area (Å²) >= 11 is 5.83. The zero-order chi connectivity index (χ0) is 11.7. The fraction of sp³-hybridized carbons (Fsp3) is 0.556. The fourth-order valence-electron chi connectivity index (χ4n) is 1.75. The molecule has 7 heteroatoms. The summed E-state index contributed by atoms with van der Waals surface area (Å²) in [6.07, 6.45) is 1.64. The number of halogens is 1. The van der Waals surface area contributed by atoms with Gasteiger partial charge in [0.2, 0.25) is 0 Å². The van der Waals surface area contributed by atoms with Crippen molar-refractivity contribution >= 4 is 35.1 Å². The number of aliphatic imine (C=N–C) groups is 1. The molecule has 0 spiro atoms. The Morgan fingerprint density at radius 2 is 2.31 bits per heavy atom. The number of nitrogens with one attached hydrogen (secondary N) is 2. The first kappa shape index (κ1) is 11.1. The summed E-state index contributed by atoms with van der Waals surface area (Å²) in [6.45, 7) is 1.03. The summed E-state index contributed by atoms with van der Waals surface area (Å²) in [5.41, 5.74) is 0.321. The smallest absolute Gasteiger partial charge is 0.347 e. The first-order valence-corrected chi connectivity index (χ1v) is 5.40. The van der Waals surface area contributed by atoms with Gasteiger partial charge in [-0.3, -0.25) is 15.5 Å². The minimum atomic E-state index is -0.911. The van der Waals surface area contributed by atoms with E-state index in [2.05, 4.69) is 4.99 Å². The number of urea groups is 1. The van der Waals surface area contributed by atoms with Crippen LogP contribution >= 0.6 is 11.6 Å². The van der Waals surface area contributed by atoms with Crippen molar-refractivity contribution in [2.45, 2.75) is 18.2 Å². The number of amides is 3. The van der Waals surface area contributed by atoms with Crippen LogP contribution in [0.15, 0.2) is 4.99 Å². The second kappa shape index (κ2) is 4.21. The number of alkyl halides is 1. The zero-order valence-corrected chi connectivity index (χ0v) is 9.25. The molecule has 1 fully saturated rings. The van der Waals surface area contributed by atoms with Gasteiger partial charge in [0.15, 0.2) is 5.38 Å². The molecule has 2 heterocycles. The molecule has 0 radical (unpaired) electrons. The summed E-state index contributed by atoms with van der Waals surface area (Å²) in [4.78, 5) is 27.8. The lowest BCUT2D eigenvalue weighted by atomic mass is 10.2. The number of rotatable bonds is 2. The highest BCUT2D eigenvalue weighted by molar-refractivity contribution is 6.45. The van der Waals surface area contributed by atoms with Gasteiger partial charge in [-0.25, -0.2) is 4.79 Å². The number of carbonyl (C=O) groups excluding carboxylic acids is 2. The highest BCUT2D eigenvalue weighted by Gasteiger charge is 2.31. The number of hydrogen-bond donors (Lipinski definition) is 2. The van der Waals surface area contributed by atoms with Gasteiger partial charge in [0.25, 0.3) is 5.91 Å². The van der Waals surface area contributed by atoms with Crippen molar-refractivity contribution in [3.63, 3.8) is 0 Å². The van der Waals surface area contributed by atoms with E-state index in [-0.39, 0.29) is 6.54 Å². The van der Waals surface area contributed by atoms with Crippen LogP contribution in [0.4, 0.5) is 4.79 Å². The fourth-order valence-corrected chi connectivity index (χ4v) is 1.92. The van der Waals surface area contributed by atoms with Crippen molar-refractivity contribution in [1.29, 1.82) is 5.41 Å². The Morgan fingerprint density at radius 1 is 1.56 bits per heavy atom. The molecule has 16 heavy (non-hydrogen) atoms. The van der Waals surface area contributed by atoms with Gasteiger partial charge in [-0.05, 0) is 6.42 Å². The average Bonchev–Trinajstić information content (AvgIpc) is 2.60. The molecule has 0 aliphatic carbocycles. The van der Waals surface area contributed by atoms with Crippen LogP contribution in [0.25, 0.3) is 0 Å². The molecule has 1 unspecified atom stereocenters. The maximum absolute atomic E-state index is 11.3. The quantitative estimate of drug-likeness (QED) is 0.686. The van der Waals surface area contributed by atoms with Crippen molar-refractivity contribution in [3.05, 3.63) is 0 Å². The predicted molar refractivity (Wildman–Crippen MR) is 59.1 cm³/mol. The lowest BCUT2D eigenvalue weighted by molar-refractivity contribution is -0.118. The van der Waals surface area contributed by atoms with Gasteiger partial charge >= 0.3 is 6.03 Å². The molecule has 1 saturated heterocycles. The highest BCUT2D eigenvalue weighted by atomic mass is 35.5. The van der Waals surface area contributed by atoms with Crippen LogP contribution in [0.1, 0.15) is 12.8 Å². The van der Waals surface area contributed by atoms with Crippen LogP contribution < -0.4 is 5.32 Å². The van der Waals surface area contributed by atoms with Gasteiger partial charge in [-0.1, -0.05) is 0 Å². The average molecular weight is 243 g/mol. The Kier molecular flexibility index (Phi) is 2.91. The van der Waals surface area contributed by atoms with Gasteiger partial charge < -0.3 is 4.90 Å². The first-order valence-electron chi connectivity index (χ1n) is 4.96. The van der Waals surface area contributed by atoms with E-state index < -0.39 is 17.3 Å². The van der Waals surface area contributed by atoms with E-state index in [4.69, 9.17) is 17.0 Å². The minimum absolute atomic E-state index is 0.284. The summed E-state index contributed by atoms with van der Waals surface area (Å²) in [5, 5.41) is 8.75. The third-order valence-corrected chi connectivity index (χ3v) is 3.02. The molecule has 6 nitrogen and oxygen atoms in total. The largest absolute Gasteiger partial charge is 0.355 e. The van der Waals surface area contributed by atoms with E-state index in [9.17, 15) is 9.59 Å². The minimum Gasteiger partial charge on any atom is -0.355 e. The van der Waals surface area contributed by atoms with Crippen molar-refractivity contribution in [2.24, 2.45) is 4.99 Å². The number of imide groups is 1. The molecule has 2 aliphatic heterocycles. The predicted octanol–water partition coefficient (Wildman–Crippen LogP) is 0.358. The van der Waals surface area contributed by atoms with E-state index in [1.807, 2.05) is 5.32 Å². The second-order valence-corrected chi connectivity index (χ2v) is 4.17.